The van der Waals surface area contributed by atoms with Crippen molar-refractivity contribution in [2.75, 3.05) is 27.3 Å². The van der Waals surface area contributed by atoms with Crippen LogP contribution in [0.2, 0.25) is 0 Å². The largest absolute Gasteiger partial charge is 0.522 e. The maximum absolute atomic E-state index is 5.89. The second-order valence-corrected chi connectivity index (χ2v) is 7.92. The van der Waals surface area contributed by atoms with Crippen LogP contribution in [0.1, 0.15) is 40.5 Å². The highest BCUT2D eigenvalue weighted by Crippen LogP contribution is 2.29. The molecule has 1 aliphatic rings. The van der Waals surface area contributed by atoms with E-state index < -0.39 is 8.88 Å². The molecule has 0 radical (unpaired) electrons. The lowest BCUT2D eigenvalue weighted by Crippen LogP contribution is -2.66. The zero-order valence-corrected chi connectivity index (χ0v) is 13.2. The van der Waals surface area contributed by atoms with Gasteiger partial charge in [-0.15, -0.1) is 0 Å². The Bertz CT molecular complexity index is 217. The van der Waals surface area contributed by atoms with Crippen molar-refractivity contribution >= 4 is 8.88 Å². The molecule has 0 N–H and O–H groups in total. The van der Waals surface area contributed by atoms with Crippen molar-refractivity contribution in [3.05, 3.63) is 0 Å². The molecule has 1 aliphatic heterocycles. The molecular weight excluding hydrogens is 232 g/mol. The van der Waals surface area contributed by atoms with E-state index in [0.717, 1.165) is 25.9 Å². The van der Waals surface area contributed by atoms with Crippen LogP contribution in [0, 0.1) is 0 Å². The van der Waals surface area contributed by atoms with Gasteiger partial charge in [-0.3, -0.25) is 9.13 Å². The van der Waals surface area contributed by atoms with Crippen LogP contribution in [-0.2, 0) is 8.85 Å². The summed E-state index contributed by atoms with van der Waals surface area (Å²) in [6.45, 7) is 11.1. The predicted octanol–water partition coefficient (Wildman–Crippen LogP) is 1.93. The summed E-state index contributed by atoms with van der Waals surface area (Å²) in [6, 6.07) is 1.05. The summed E-state index contributed by atoms with van der Waals surface area (Å²) in [5.41, 5.74) is 0. The lowest BCUT2D eigenvalue weighted by Gasteiger charge is -2.41. The lowest BCUT2D eigenvalue weighted by molar-refractivity contribution is 0.110. The average molecular weight is 260 g/mol. The van der Waals surface area contributed by atoms with E-state index in [4.69, 9.17) is 8.85 Å². The summed E-state index contributed by atoms with van der Waals surface area (Å²) in [5, 5.41) is 0. The zero-order chi connectivity index (χ0) is 13.1. The molecule has 102 valence electrons. The first-order valence-corrected chi connectivity index (χ1v) is 8.42. The van der Waals surface area contributed by atoms with Crippen molar-refractivity contribution in [3.63, 3.8) is 0 Å². The molecule has 2 atom stereocenters. The van der Waals surface area contributed by atoms with Gasteiger partial charge in [-0.1, -0.05) is 13.8 Å². The van der Waals surface area contributed by atoms with Crippen LogP contribution in [0.25, 0.3) is 0 Å². The van der Waals surface area contributed by atoms with Crippen LogP contribution < -0.4 is 0 Å². The van der Waals surface area contributed by atoms with Gasteiger partial charge in [0.25, 0.3) is 0 Å². The Hall–Kier alpha value is 0.0569. The number of hydrogen-bond donors (Lipinski definition) is 0. The fourth-order valence-electron chi connectivity index (χ4n) is 2.65. The highest BCUT2D eigenvalue weighted by molar-refractivity contribution is 6.62. The van der Waals surface area contributed by atoms with Crippen molar-refractivity contribution in [2.24, 2.45) is 0 Å². The van der Waals surface area contributed by atoms with Crippen molar-refractivity contribution < 1.29 is 8.85 Å². The normalized spacial score (nSPS) is 25.1. The molecule has 0 spiro atoms. The van der Waals surface area contributed by atoms with E-state index in [-0.39, 0.29) is 0 Å². The molecule has 0 saturated carbocycles. The van der Waals surface area contributed by atoms with Crippen molar-refractivity contribution in [1.29, 1.82) is 0 Å². The van der Waals surface area contributed by atoms with Crippen molar-refractivity contribution in [3.8, 4) is 0 Å². The minimum absolute atomic E-state index is 0.524. The third-order valence-electron chi connectivity index (χ3n) is 4.09. The fourth-order valence-corrected chi connectivity index (χ4v) is 6.33. The predicted molar refractivity (Wildman–Crippen MR) is 72.7 cm³/mol. The van der Waals surface area contributed by atoms with Crippen molar-refractivity contribution in [2.45, 2.75) is 52.6 Å². The molecule has 1 heterocycles. The Balaban J connectivity index is 2.96. The van der Waals surface area contributed by atoms with Gasteiger partial charge in [0.15, 0.2) is 0 Å². The van der Waals surface area contributed by atoms with Gasteiger partial charge in [0, 0.05) is 39.4 Å². The minimum atomic E-state index is -2.34. The fraction of sp³-hybridized carbons (Fsp3) is 1.00. The minimum Gasteiger partial charge on any atom is -0.374 e. The van der Waals surface area contributed by atoms with E-state index in [2.05, 4.69) is 36.8 Å². The molecular formula is C12H28N2O2Si. The van der Waals surface area contributed by atoms with Gasteiger partial charge < -0.3 is 8.85 Å². The molecule has 5 heteroatoms. The smallest absolute Gasteiger partial charge is 0.374 e. The number of hydrogen-bond acceptors (Lipinski definition) is 4. The molecule has 0 aliphatic carbocycles. The highest BCUT2D eigenvalue weighted by atomic mass is 28.4. The van der Waals surface area contributed by atoms with E-state index >= 15 is 0 Å². The highest BCUT2D eigenvalue weighted by Gasteiger charge is 2.57. The summed E-state index contributed by atoms with van der Waals surface area (Å²) in [4.78, 5) is 0. The Kier molecular flexibility index (Phi) is 5.59. The number of rotatable bonds is 6. The van der Waals surface area contributed by atoms with E-state index in [9.17, 15) is 0 Å². The monoisotopic (exact) mass is 260 g/mol. The molecule has 0 aromatic heterocycles. The van der Waals surface area contributed by atoms with Gasteiger partial charge >= 0.3 is 8.88 Å². The van der Waals surface area contributed by atoms with Crippen LogP contribution in [-0.4, -0.2) is 57.4 Å². The first kappa shape index (κ1) is 15.1. The maximum atomic E-state index is 5.89. The first-order valence-electron chi connectivity index (χ1n) is 6.71. The van der Waals surface area contributed by atoms with Gasteiger partial charge in [-0.25, -0.2) is 0 Å². The van der Waals surface area contributed by atoms with E-state index in [1.165, 1.54) is 0 Å². The van der Waals surface area contributed by atoms with Gasteiger partial charge in [-0.05, 0) is 26.7 Å². The van der Waals surface area contributed by atoms with Crippen molar-refractivity contribution in [1.82, 2.24) is 9.13 Å². The van der Waals surface area contributed by atoms with Crippen LogP contribution >= 0.6 is 0 Å². The summed E-state index contributed by atoms with van der Waals surface area (Å²) in [7, 11) is 1.25. The molecule has 0 aromatic rings. The quantitative estimate of drug-likeness (QED) is 0.681. The lowest BCUT2D eigenvalue weighted by atomic mass is 10.2. The first-order chi connectivity index (χ1) is 8.07. The topological polar surface area (TPSA) is 24.9 Å². The summed E-state index contributed by atoms with van der Waals surface area (Å²) in [5.74, 6) is 0. The van der Waals surface area contributed by atoms with Gasteiger partial charge in [-0.2, -0.15) is 0 Å². The Morgan fingerprint density at radius 1 is 0.941 bits per heavy atom. The Morgan fingerprint density at radius 2 is 1.29 bits per heavy atom. The molecule has 4 nitrogen and oxygen atoms in total. The summed E-state index contributed by atoms with van der Waals surface area (Å²) >= 11 is 0. The van der Waals surface area contributed by atoms with Crippen LogP contribution in [0.4, 0.5) is 0 Å². The average Bonchev–Trinajstić information content (AvgIpc) is 2.76. The Morgan fingerprint density at radius 3 is 1.53 bits per heavy atom. The Labute approximate surface area is 107 Å². The van der Waals surface area contributed by atoms with E-state index in [1.807, 2.05) is 0 Å². The standard InChI is InChI=1S/C12H28N2O2Si/c1-7-11(3)13-9-10-14(12(4)8-2)17(13,15-5)16-6/h11-12H,7-10H2,1-6H3. The molecule has 1 saturated heterocycles. The van der Waals surface area contributed by atoms with E-state index in [0.29, 0.717) is 12.1 Å². The molecule has 17 heavy (non-hydrogen) atoms. The van der Waals surface area contributed by atoms with Crippen LogP contribution in [0.15, 0.2) is 0 Å². The third-order valence-corrected chi connectivity index (χ3v) is 7.93. The van der Waals surface area contributed by atoms with Crippen LogP contribution in [0.5, 0.6) is 0 Å². The molecule has 0 amide bonds. The van der Waals surface area contributed by atoms with Gasteiger partial charge in [0.2, 0.25) is 0 Å². The third kappa shape index (κ3) is 2.58. The van der Waals surface area contributed by atoms with E-state index in [1.54, 1.807) is 14.2 Å². The molecule has 2 unspecified atom stereocenters. The SMILES string of the molecule is CCC(C)N1CCN(C(C)CC)[Si]1(OC)OC. The maximum Gasteiger partial charge on any atom is 0.522 e. The van der Waals surface area contributed by atoms with Gasteiger partial charge in [0.1, 0.15) is 0 Å². The van der Waals surface area contributed by atoms with Crippen LogP contribution in [0.3, 0.4) is 0 Å². The van der Waals surface area contributed by atoms with Gasteiger partial charge in [0.05, 0.1) is 0 Å². The second-order valence-electron chi connectivity index (χ2n) is 4.86. The molecule has 0 bridgehead atoms. The summed E-state index contributed by atoms with van der Waals surface area (Å²) < 4.78 is 16.7. The molecule has 1 rings (SSSR count). The second kappa shape index (κ2) is 6.29. The zero-order valence-electron chi connectivity index (χ0n) is 12.2. The summed E-state index contributed by atoms with van der Waals surface area (Å²) in [6.07, 6.45) is 2.27. The number of nitrogens with zero attached hydrogens (tertiary/aromatic N) is 2. The molecule has 0 aromatic carbocycles. The molecule has 1 fully saturated rings.